The average Bonchev–Trinajstić information content (AvgIpc) is 2.76. The molecule has 1 N–H and O–H groups in total. The molecule has 0 spiro atoms. The molecule has 1 heterocycles. The number of rotatable bonds is 4. The molecule has 1 aromatic heterocycles. The number of nitrogens with zero attached hydrogens (tertiary/aromatic N) is 1. The fraction of sp³-hybridized carbons (Fsp3) is 0.308. The van der Waals surface area contributed by atoms with Crippen molar-refractivity contribution >= 4 is 0 Å². The van der Waals surface area contributed by atoms with Crippen molar-refractivity contribution in [1.29, 1.82) is 0 Å². The van der Waals surface area contributed by atoms with Crippen LogP contribution in [0.1, 0.15) is 23.2 Å². The predicted octanol–water partition coefficient (Wildman–Crippen LogP) is 2.76. The molecule has 1 unspecified atom stereocenters. The second kappa shape index (κ2) is 5.27. The molecule has 0 fully saturated rings. The Morgan fingerprint density at radius 2 is 2.00 bits per heavy atom. The van der Waals surface area contributed by atoms with Gasteiger partial charge < -0.3 is 9.73 Å². The lowest BCUT2D eigenvalue weighted by atomic mass is 10.0. The molecular formula is C13H14F2N2O. The molecule has 0 saturated carbocycles. The van der Waals surface area contributed by atoms with Gasteiger partial charge in [-0.2, -0.15) is 0 Å². The summed E-state index contributed by atoms with van der Waals surface area (Å²) in [6.07, 6.45) is 1.68. The highest BCUT2D eigenvalue weighted by molar-refractivity contribution is 5.22. The van der Waals surface area contributed by atoms with Crippen molar-refractivity contribution in [3.63, 3.8) is 0 Å². The van der Waals surface area contributed by atoms with Crippen LogP contribution in [0.5, 0.6) is 0 Å². The van der Waals surface area contributed by atoms with Gasteiger partial charge in [-0.15, -0.1) is 0 Å². The van der Waals surface area contributed by atoms with Crippen molar-refractivity contribution in [1.82, 2.24) is 10.3 Å². The number of aryl methyl sites for hydroxylation is 1. The second-order valence-corrected chi connectivity index (χ2v) is 4.04. The normalized spacial score (nSPS) is 12.7. The van der Waals surface area contributed by atoms with Crippen LogP contribution in [0.2, 0.25) is 0 Å². The highest BCUT2D eigenvalue weighted by Gasteiger charge is 2.18. The molecule has 0 saturated heterocycles. The van der Waals surface area contributed by atoms with E-state index in [0.29, 0.717) is 11.6 Å². The van der Waals surface area contributed by atoms with Crippen molar-refractivity contribution < 1.29 is 13.2 Å². The van der Waals surface area contributed by atoms with Crippen LogP contribution in [0.3, 0.4) is 0 Å². The van der Waals surface area contributed by atoms with E-state index in [4.69, 9.17) is 4.42 Å². The van der Waals surface area contributed by atoms with E-state index in [1.165, 1.54) is 24.5 Å². The van der Waals surface area contributed by atoms with E-state index >= 15 is 0 Å². The summed E-state index contributed by atoms with van der Waals surface area (Å²) >= 11 is 0. The largest absolute Gasteiger partial charge is 0.449 e. The molecule has 18 heavy (non-hydrogen) atoms. The van der Waals surface area contributed by atoms with E-state index in [1.807, 2.05) is 0 Å². The van der Waals surface area contributed by atoms with Crippen LogP contribution in [-0.4, -0.2) is 12.0 Å². The Balaban J connectivity index is 2.26. The topological polar surface area (TPSA) is 38.1 Å². The van der Waals surface area contributed by atoms with Gasteiger partial charge in [0.15, 0.2) is 5.89 Å². The molecule has 3 nitrogen and oxygen atoms in total. The molecule has 0 bridgehead atoms. The van der Waals surface area contributed by atoms with E-state index in [0.717, 1.165) is 0 Å². The quantitative estimate of drug-likeness (QED) is 0.909. The standard InChI is InChI=1S/C13H14F2N2O/c1-8-17-13(7-18-8)12(16-2)6-9-10(14)4-3-5-11(9)15/h3-5,7,12,16H,6H2,1-2H3. The van der Waals surface area contributed by atoms with Gasteiger partial charge in [0.05, 0.1) is 11.7 Å². The van der Waals surface area contributed by atoms with Crippen molar-refractivity contribution in [2.24, 2.45) is 0 Å². The summed E-state index contributed by atoms with van der Waals surface area (Å²) in [7, 11) is 1.72. The summed E-state index contributed by atoms with van der Waals surface area (Å²) in [6, 6.07) is 3.56. The Morgan fingerprint density at radius 3 is 2.50 bits per heavy atom. The smallest absolute Gasteiger partial charge is 0.191 e. The first-order valence-electron chi connectivity index (χ1n) is 5.64. The van der Waals surface area contributed by atoms with Crippen LogP contribution in [0.25, 0.3) is 0 Å². The zero-order valence-electron chi connectivity index (χ0n) is 10.2. The summed E-state index contributed by atoms with van der Waals surface area (Å²) in [5.41, 5.74) is 0.690. The Labute approximate surface area is 104 Å². The summed E-state index contributed by atoms with van der Waals surface area (Å²) in [4.78, 5) is 4.16. The van der Waals surface area contributed by atoms with Crippen LogP contribution in [0, 0.1) is 18.6 Å². The summed E-state index contributed by atoms with van der Waals surface area (Å²) in [6.45, 7) is 1.72. The van der Waals surface area contributed by atoms with Gasteiger partial charge in [-0.25, -0.2) is 13.8 Å². The third kappa shape index (κ3) is 2.56. The molecule has 0 aliphatic carbocycles. The molecule has 1 atom stereocenters. The molecule has 96 valence electrons. The minimum absolute atomic E-state index is 0.0532. The number of oxazole rings is 1. The van der Waals surface area contributed by atoms with Crippen molar-refractivity contribution in [2.75, 3.05) is 7.05 Å². The first-order valence-corrected chi connectivity index (χ1v) is 5.64. The fourth-order valence-electron chi connectivity index (χ4n) is 1.83. The van der Waals surface area contributed by atoms with E-state index in [-0.39, 0.29) is 18.0 Å². The van der Waals surface area contributed by atoms with E-state index in [2.05, 4.69) is 10.3 Å². The maximum absolute atomic E-state index is 13.6. The Kier molecular flexibility index (Phi) is 3.72. The molecule has 1 aromatic carbocycles. The monoisotopic (exact) mass is 252 g/mol. The number of likely N-dealkylation sites (N-methyl/N-ethyl adjacent to an activating group) is 1. The predicted molar refractivity (Wildman–Crippen MR) is 63.1 cm³/mol. The maximum Gasteiger partial charge on any atom is 0.191 e. The molecule has 0 aliphatic rings. The summed E-state index contributed by atoms with van der Waals surface area (Å²) < 4.78 is 32.2. The molecule has 0 amide bonds. The molecule has 2 rings (SSSR count). The van der Waals surface area contributed by atoms with Gasteiger partial charge >= 0.3 is 0 Å². The number of halogens is 2. The second-order valence-electron chi connectivity index (χ2n) is 4.04. The van der Waals surface area contributed by atoms with Crippen molar-refractivity contribution in [2.45, 2.75) is 19.4 Å². The van der Waals surface area contributed by atoms with Crippen LogP contribution in [0.4, 0.5) is 8.78 Å². The first-order chi connectivity index (χ1) is 8.61. The molecule has 5 heteroatoms. The Morgan fingerprint density at radius 1 is 1.33 bits per heavy atom. The summed E-state index contributed by atoms with van der Waals surface area (Å²) in [5, 5.41) is 2.98. The van der Waals surface area contributed by atoms with Gasteiger partial charge in [0.25, 0.3) is 0 Å². The number of benzene rings is 1. The lowest BCUT2D eigenvalue weighted by molar-refractivity contribution is 0.501. The van der Waals surface area contributed by atoms with Gasteiger partial charge in [-0.1, -0.05) is 6.07 Å². The third-order valence-electron chi connectivity index (χ3n) is 2.81. The SMILES string of the molecule is CNC(Cc1c(F)cccc1F)c1coc(C)n1. The van der Waals surface area contributed by atoms with Gasteiger partial charge in [0.1, 0.15) is 17.9 Å². The fourth-order valence-corrected chi connectivity index (χ4v) is 1.83. The zero-order chi connectivity index (χ0) is 13.1. The van der Waals surface area contributed by atoms with Crippen LogP contribution in [0.15, 0.2) is 28.9 Å². The van der Waals surface area contributed by atoms with Gasteiger partial charge in [0.2, 0.25) is 0 Å². The highest BCUT2D eigenvalue weighted by atomic mass is 19.1. The maximum atomic E-state index is 13.6. The molecular weight excluding hydrogens is 238 g/mol. The molecule has 0 radical (unpaired) electrons. The number of nitrogens with one attached hydrogen (secondary N) is 1. The Hall–Kier alpha value is -1.75. The highest BCUT2D eigenvalue weighted by Crippen LogP contribution is 2.21. The molecule has 0 aliphatic heterocycles. The lowest BCUT2D eigenvalue weighted by Crippen LogP contribution is -2.20. The zero-order valence-corrected chi connectivity index (χ0v) is 10.2. The van der Waals surface area contributed by atoms with Crippen LogP contribution in [-0.2, 0) is 6.42 Å². The van der Waals surface area contributed by atoms with Gasteiger partial charge in [0, 0.05) is 12.5 Å². The van der Waals surface area contributed by atoms with E-state index in [9.17, 15) is 8.78 Å². The van der Waals surface area contributed by atoms with Crippen molar-refractivity contribution in [3.8, 4) is 0 Å². The van der Waals surface area contributed by atoms with Crippen LogP contribution < -0.4 is 5.32 Å². The van der Waals surface area contributed by atoms with Crippen LogP contribution >= 0.6 is 0 Å². The average molecular weight is 252 g/mol. The third-order valence-corrected chi connectivity index (χ3v) is 2.81. The van der Waals surface area contributed by atoms with E-state index < -0.39 is 11.6 Å². The Bertz CT molecular complexity index is 519. The molecule has 2 aromatic rings. The van der Waals surface area contributed by atoms with Crippen molar-refractivity contribution in [3.05, 3.63) is 53.2 Å². The van der Waals surface area contributed by atoms with Gasteiger partial charge in [-0.05, 0) is 25.6 Å². The minimum atomic E-state index is -0.546. The van der Waals surface area contributed by atoms with E-state index in [1.54, 1.807) is 14.0 Å². The summed E-state index contributed by atoms with van der Waals surface area (Å²) in [5.74, 6) is -0.565. The first kappa shape index (κ1) is 12.7. The minimum Gasteiger partial charge on any atom is -0.449 e. The lowest BCUT2D eigenvalue weighted by Gasteiger charge is -2.14. The number of hydrogen-bond acceptors (Lipinski definition) is 3. The number of aromatic nitrogens is 1. The number of hydrogen-bond donors (Lipinski definition) is 1. The van der Waals surface area contributed by atoms with Gasteiger partial charge in [-0.3, -0.25) is 0 Å².